The lowest BCUT2D eigenvalue weighted by molar-refractivity contribution is 0.100. The van der Waals surface area contributed by atoms with Gasteiger partial charge in [-0.1, -0.05) is 66.7 Å². The predicted molar refractivity (Wildman–Crippen MR) is 124 cm³/mol. The minimum Gasteiger partial charge on any atom is -0.455 e. The van der Waals surface area contributed by atoms with E-state index >= 15 is 0 Å². The SMILES string of the molecule is Cc1ccccc1-c1c(C)ccc(C(=O)N=O)c1-c1cccc2c1oc1ccccc12. The first-order valence-electron chi connectivity index (χ1n) is 10.1. The van der Waals surface area contributed by atoms with Crippen molar-refractivity contribution < 1.29 is 9.21 Å². The van der Waals surface area contributed by atoms with Crippen LogP contribution < -0.4 is 0 Å². The van der Waals surface area contributed by atoms with Gasteiger partial charge in [0.2, 0.25) is 0 Å². The third-order valence-corrected chi connectivity index (χ3v) is 5.82. The van der Waals surface area contributed by atoms with Crippen LogP contribution in [0.5, 0.6) is 0 Å². The van der Waals surface area contributed by atoms with Crippen molar-refractivity contribution >= 4 is 27.8 Å². The second-order valence-corrected chi connectivity index (χ2v) is 7.67. The van der Waals surface area contributed by atoms with Crippen LogP contribution in [0.1, 0.15) is 21.5 Å². The van der Waals surface area contributed by atoms with E-state index in [1.807, 2.05) is 86.6 Å². The zero-order chi connectivity index (χ0) is 21.5. The van der Waals surface area contributed by atoms with Crippen LogP contribution in [-0.2, 0) is 0 Å². The van der Waals surface area contributed by atoms with Crippen molar-refractivity contribution in [2.45, 2.75) is 13.8 Å². The number of amides is 1. The molecule has 31 heavy (non-hydrogen) atoms. The Balaban J connectivity index is 1.96. The molecular weight excluding hydrogens is 386 g/mol. The summed E-state index contributed by atoms with van der Waals surface area (Å²) >= 11 is 0. The number of hydrogen-bond donors (Lipinski definition) is 0. The van der Waals surface area contributed by atoms with E-state index < -0.39 is 5.91 Å². The van der Waals surface area contributed by atoms with Crippen molar-refractivity contribution in [1.82, 2.24) is 0 Å². The molecule has 4 aromatic carbocycles. The number of benzene rings is 4. The molecule has 0 aliphatic rings. The molecule has 0 saturated heterocycles. The van der Waals surface area contributed by atoms with Gasteiger partial charge in [0.1, 0.15) is 11.2 Å². The molecule has 1 amide bonds. The third-order valence-electron chi connectivity index (χ3n) is 5.82. The maximum Gasteiger partial charge on any atom is 0.317 e. The first kappa shape index (κ1) is 18.9. The molecule has 0 fully saturated rings. The van der Waals surface area contributed by atoms with Crippen molar-refractivity contribution in [1.29, 1.82) is 0 Å². The number of para-hydroxylation sites is 2. The molecule has 0 bridgehead atoms. The molecule has 150 valence electrons. The summed E-state index contributed by atoms with van der Waals surface area (Å²) in [5.74, 6) is -0.794. The minimum absolute atomic E-state index is 0.270. The lowest BCUT2D eigenvalue weighted by atomic mass is 9.85. The van der Waals surface area contributed by atoms with Gasteiger partial charge in [-0.3, -0.25) is 4.79 Å². The van der Waals surface area contributed by atoms with E-state index in [0.29, 0.717) is 11.1 Å². The highest BCUT2D eigenvalue weighted by Crippen LogP contribution is 2.43. The number of furan rings is 1. The van der Waals surface area contributed by atoms with Crippen LogP contribution in [0.3, 0.4) is 0 Å². The molecule has 5 aromatic rings. The smallest absolute Gasteiger partial charge is 0.317 e. The Morgan fingerprint density at radius 2 is 1.42 bits per heavy atom. The topological polar surface area (TPSA) is 59.6 Å². The fraction of sp³-hybridized carbons (Fsp3) is 0.0741. The Hall–Kier alpha value is -4.05. The molecule has 0 aliphatic carbocycles. The Kier molecular flexibility index (Phi) is 4.48. The van der Waals surface area contributed by atoms with Crippen molar-refractivity contribution in [3.63, 3.8) is 0 Å². The number of rotatable bonds is 3. The largest absolute Gasteiger partial charge is 0.455 e. The van der Waals surface area contributed by atoms with Crippen molar-refractivity contribution in [2.24, 2.45) is 5.18 Å². The highest BCUT2D eigenvalue weighted by Gasteiger charge is 2.24. The summed E-state index contributed by atoms with van der Waals surface area (Å²) in [6, 6.07) is 25.3. The van der Waals surface area contributed by atoms with Crippen LogP contribution in [0.25, 0.3) is 44.2 Å². The van der Waals surface area contributed by atoms with Gasteiger partial charge in [0.15, 0.2) is 0 Å². The summed E-state index contributed by atoms with van der Waals surface area (Å²) in [7, 11) is 0. The average Bonchev–Trinajstić information content (AvgIpc) is 3.18. The number of hydrogen-bond acceptors (Lipinski definition) is 3. The summed E-state index contributed by atoms with van der Waals surface area (Å²) < 4.78 is 6.25. The Bertz CT molecular complexity index is 1490. The van der Waals surface area contributed by atoms with E-state index in [1.165, 1.54) is 0 Å². The fourth-order valence-electron chi connectivity index (χ4n) is 4.36. The molecule has 0 aliphatic heterocycles. The predicted octanol–water partition coefficient (Wildman–Crippen LogP) is 7.44. The minimum atomic E-state index is -0.794. The van der Waals surface area contributed by atoms with E-state index in [9.17, 15) is 9.70 Å². The summed E-state index contributed by atoms with van der Waals surface area (Å²) in [4.78, 5) is 23.9. The van der Waals surface area contributed by atoms with Gasteiger partial charge in [0, 0.05) is 27.1 Å². The van der Waals surface area contributed by atoms with Gasteiger partial charge in [-0.25, -0.2) is 0 Å². The van der Waals surface area contributed by atoms with Crippen LogP contribution >= 0.6 is 0 Å². The lowest BCUT2D eigenvalue weighted by Gasteiger charge is -2.18. The van der Waals surface area contributed by atoms with Crippen LogP contribution in [0.2, 0.25) is 0 Å². The first-order valence-corrected chi connectivity index (χ1v) is 10.1. The zero-order valence-corrected chi connectivity index (χ0v) is 17.2. The second kappa shape index (κ2) is 7.33. The second-order valence-electron chi connectivity index (χ2n) is 7.67. The normalized spacial score (nSPS) is 11.2. The van der Waals surface area contributed by atoms with E-state index in [0.717, 1.165) is 44.2 Å². The van der Waals surface area contributed by atoms with Gasteiger partial charge in [0.25, 0.3) is 0 Å². The Morgan fingerprint density at radius 1 is 0.710 bits per heavy atom. The van der Waals surface area contributed by atoms with E-state index in [2.05, 4.69) is 5.18 Å². The van der Waals surface area contributed by atoms with Crippen LogP contribution in [-0.4, -0.2) is 5.91 Å². The van der Waals surface area contributed by atoms with Gasteiger partial charge in [-0.2, -0.15) is 0 Å². The molecule has 0 radical (unpaired) electrons. The number of nitroso groups, excluding NO2 is 1. The van der Waals surface area contributed by atoms with Crippen LogP contribution in [0.4, 0.5) is 0 Å². The molecule has 4 heteroatoms. The highest BCUT2D eigenvalue weighted by molar-refractivity contribution is 6.14. The number of aryl methyl sites for hydroxylation is 2. The van der Waals surface area contributed by atoms with Crippen molar-refractivity contribution in [3.8, 4) is 22.3 Å². The Labute approximate surface area is 179 Å². The molecule has 0 N–H and O–H groups in total. The number of nitrogens with zero attached hydrogens (tertiary/aromatic N) is 1. The van der Waals surface area contributed by atoms with Gasteiger partial charge in [-0.05, 0) is 48.2 Å². The Morgan fingerprint density at radius 3 is 2.23 bits per heavy atom. The molecule has 0 saturated carbocycles. The first-order chi connectivity index (χ1) is 15.1. The lowest BCUT2D eigenvalue weighted by Crippen LogP contribution is -2.02. The van der Waals surface area contributed by atoms with Crippen LogP contribution in [0, 0.1) is 18.8 Å². The molecule has 5 rings (SSSR count). The number of carbonyl (C=O) groups is 1. The molecular formula is C27H19NO3. The number of carbonyl (C=O) groups excluding carboxylic acids is 1. The van der Waals surface area contributed by atoms with Gasteiger partial charge >= 0.3 is 5.91 Å². The van der Waals surface area contributed by atoms with E-state index in [-0.39, 0.29) is 5.56 Å². The van der Waals surface area contributed by atoms with Crippen molar-refractivity contribution in [2.75, 3.05) is 0 Å². The quantitative estimate of drug-likeness (QED) is 0.293. The summed E-state index contributed by atoms with van der Waals surface area (Å²) in [6.45, 7) is 4.04. The average molecular weight is 405 g/mol. The standard InChI is InChI=1S/C27H19NO3/c1-16-8-3-4-9-18(16)24-17(2)14-15-22(27(29)28-30)25(24)21-12-7-11-20-19-10-5-6-13-23(19)31-26(20)21/h3-15H,1-2H3. The van der Waals surface area contributed by atoms with Gasteiger partial charge < -0.3 is 4.42 Å². The molecule has 1 aromatic heterocycles. The molecule has 0 unspecified atom stereocenters. The summed E-state index contributed by atoms with van der Waals surface area (Å²) in [5.41, 5.74) is 7.15. The molecule has 0 atom stereocenters. The van der Waals surface area contributed by atoms with Gasteiger partial charge in [0.05, 0.1) is 5.56 Å². The third kappa shape index (κ3) is 2.96. The van der Waals surface area contributed by atoms with E-state index in [1.54, 1.807) is 6.07 Å². The van der Waals surface area contributed by atoms with E-state index in [4.69, 9.17) is 4.42 Å². The molecule has 1 heterocycles. The van der Waals surface area contributed by atoms with Crippen LogP contribution in [0.15, 0.2) is 88.5 Å². The number of fused-ring (bicyclic) bond motifs is 3. The maximum absolute atomic E-state index is 12.6. The maximum atomic E-state index is 12.6. The monoisotopic (exact) mass is 405 g/mol. The van der Waals surface area contributed by atoms with Crippen molar-refractivity contribution in [3.05, 3.63) is 100 Å². The molecule has 0 spiro atoms. The molecule has 4 nitrogen and oxygen atoms in total. The summed E-state index contributed by atoms with van der Waals surface area (Å²) in [5, 5.41) is 4.70. The zero-order valence-electron chi connectivity index (χ0n) is 17.2. The summed E-state index contributed by atoms with van der Waals surface area (Å²) in [6.07, 6.45) is 0. The van der Waals surface area contributed by atoms with Gasteiger partial charge in [-0.15, -0.1) is 4.91 Å². The highest BCUT2D eigenvalue weighted by atomic mass is 16.3. The fourth-order valence-corrected chi connectivity index (χ4v) is 4.36.